The average molecular weight is 409 g/mol. The number of rotatable bonds is 4. The molecule has 1 N–H and O–H groups in total. The van der Waals surface area contributed by atoms with Gasteiger partial charge in [0.1, 0.15) is 0 Å². The number of hydrogen-bond donors (Lipinski definition) is 1. The van der Waals surface area contributed by atoms with Gasteiger partial charge in [0, 0.05) is 11.6 Å². The Kier molecular flexibility index (Phi) is 4.59. The van der Waals surface area contributed by atoms with E-state index in [0.717, 1.165) is 0 Å². The fraction of sp³-hybridized carbons (Fsp3) is 0.300. The summed E-state index contributed by atoms with van der Waals surface area (Å²) in [6.45, 7) is 3.60. The van der Waals surface area contributed by atoms with Crippen LogP contribution in [0, 0.1) is 24.2 Å². The highest BCUT2D eigenvalue weighted by Crippen LogP contribution is 2.30. The van der Waals surface area contributed by atoms with Gasteiger partial charge in [0.25, 0.3) is 15.6 Å². The molecule has 4 rings (SSSR count). The van der Waals surface area contributed by atoms with Crippen LogP contribution < -0.4 is 5.56 Å². The van der Waals surface area contributed by atoms with Gasteiger partial charge >= 0.3 is 0 Å². The summed E-state index contributed by atoms with van der Waals surface area (Å²) in [6.07, 6.45) is 4.42. The third-order valence-corrected chi connectivity index (χ3v) is 6.76. The molecular formula is C20H19N5O3S. The minimum atomic E-state index is -3.49. The first-order chi connectivity index (χ1) is 13.8. The van der Waals surface area contributed by atoms with Gasteiger partial charge < -0.3 is 0 Å². The Hall–Kier alpha value is -3.25. The van der Waals surface area contributed by atoms with Gasteiger partial charge in [0.2, 0.25) is 0 Å². The molecule has 8 nitrogen and oxygen atoms in total. The van der Waals surface area contributed by atoms with E-state index in [-0.39, 0.29) is 16.7 Å². The molecule has 0 radical (unpaired) electrons. The van der Waals surface area contributed by atoms with Gasteiger partial charge in [0.15, 0.2) is 5.82 Å². The Bertz CT molecular complexity index is 1270. The molecule has 1 aromatic heterocycles. The smallest absolute Gasteiger partial charge is 0.280 e. The van der Waals surface area contributed by atoms with Crippen molar-refractivity contribution in [3.05, 3.63) is 52.0 Å². The molecule has 29 heavy (non-hydrogen) atoms. The van der Waals surface area contributed by atoms with Crippen LogP contribution in [-0.2, 0) is 10.0 Å². The minimum absolute atomic E-state index is 0.270. The number of nitriles is 1. The van der Waals surface area contributed by atoms with E-state index in [9.17, 15) is 13.2 Å². The molecule has 2 aliphatic rings. The van der Waals surface area contributed by atoms with Gasteiger partial charge in [0.05, 0.1) is 34.4 Å². The second-order valence-corrected chi connectivity index (χ2v) is 9.12. The van der Waals surface area contributed by atoms with E-state index in [0.29, 0.717) is 46.8 Å². The molecule has 1 aliphatic carbocycles. The minimum Gasteiger partial charge on any atom is -0.293 e. The van der Waals surface area contributed by atoms with Crippen LogP contribution in [0.5, 0.6) is 0 Å². The lowest BCUT2D eigenvalue weighted by Crippen LogP contribution is -2.23. The van der Waals surface area contributed by atoms with Crippen molar-refractivity contribution in [3.8, 4) is 17.2 Å². The normalized spacial score (nSPS) is 20.5. The van der Waals surface area contributed by atoms with Crippen molar-refractivity contribution in [1.82, 2.24) is 9.78 Å². The Morgan fingerprint density at radius 2 is 1.97 bits per heavy atom. The second-order valence-electron chi connectivity index (χ2n) is 7.24. The number of hydrogen-bond acceptors (Lipinski definition) is 5. The fourth-order valence-electron chi connectivity index (χ4n) is 3.19. The standard InChI is InChI=1S/C20H19N5O3S/c1-12-9-18(22-11-17(12)24-29(27,28)16-7-8-16)25-20(26)19(13(2)23-25)15-5-3-14(10-21)4-6-15/h3-6,9,11-12,16,23H,7-8H2,1-2H3/t12-/m1/s1. The van der Waals surface area contributed by atoms with Crippen molar-refractivity contribution in [2.24, 2.45) is 15.3 Å². The summed E-state index contributed by atoms with van der Waals surface area (Å²) in [6, 6.07) is 8.84. The Morgan fingerprint density at radius 3 is 2.55 bits per heavy atom. The molecule has 0 unspecified atom stereocenters. The largest absolute Gasteiger partial charge is 0.293 e. The van der Waals surface area contributed by atoms with E-state index in [1.807, 2.05) is 6.92 Å². The Labute approximate surface area is 168 Å². The number of allylic oxidation sites excluding steroid dienone is 1. The van der Waals surface area contributed by atoms with Crippen molar-refractivity contribution in [1.29, 1.82) is 5.26 Å². The number of aromatic amines is 1. The predicted molar refractivity (Wildman–Crippen MR) is 111 cm³/mol. The quantitative estimate of drug-likeness (QED) is 0.834. The highest BCUT2D eigenvalue weighted by Gasteiger charge is 2.36. The average Bonchev–Trinajstić information content (AvgIpc) is 3.50. The zero-order chi connectivity index (χ0) is 20.8. The van der Waals surface area contributed by atoms with Crippen LogP contribution in [0.3, 0.4) is 0 Å². The van der Waals surface area contributed by atoms with Crippen molar-refractivity contribution in [3.63, 3.8) is 0 Å². The van der Waals surface area contributed by atoms with Crippen LogP contribution in [-0.4, -0.2) is 35.4 Å². The van der Waals surface area contributed by atoms with Gasteiger partial charge in [-0.1, -0.05) is 19.1 Å². The van der Waals surface area contributed by atoms with Crippen molar-refractivity contribution in [2.75, 3.05) is 0 Å². The molecule has 2 aromatic rings. The number of sulfonamides is 1. The first-order valence-electron chi connectivity index (χ1n) is 9.22. The summed E-state index contributed by atoms with van der Waals surface area (Å²) >= 11 is 0. The van der Waals surface area contributed by atoms with Gasteiger partial charge in [-0.15, -0.1) is 0 Å². The highest BCUT2D eigenvalue weighted by molar-refractivity contribution is 7.91. The van der Waals surface area contributed by atoms with E-state index in [4.69, 9.17) is 5.26 Å². The van der Waals surface area contributed by atoms with Crippen molar-refractivity contribution >= 4 is 27.8 Å². The summed E-state index contributed by atoms with van der Waals surface area (Å²) in [4.78, 5) is 17.2. The van der Waals surface area contributed by atoms with E-state index in [1.165, 1.54) is 10.9 Å². The van der Waals surface area contributed by atoms with Gasteiger partial charge in [-0.3, -0.25) is 9.89 Å². The molecule has 1 fully saturated rings. The SMILES string of the molecule is Cc1[nH]n(C2=C[C@@H](C)C(=NS(=O)(=O)C3CC3)C=N2)c(=O)c1-c1ccc(C#N)cc1. The molecule has 1 aromatic carbocycles. The zero-order valence-corrected chi connectivity index (χ0v) is 16.8. The first-order valence-corrected chi connectivity index (χ1v) is 10.7. The van der Waals surface area contributed by atoms with Crippen molar-refractivity contribution in [2.45, 2.75) is 31.9 Å². The highest BCUT2D eigenvalue weighted by atomic mass is 32.2. The lowest BCUT2D eigenvalue weighted by molar-refractivity contribution is 0.596. The summed E-state index contributed by atoms with van der Waals surface area (Å²) in [5, 5.41) is 11.6. The lowest BCUT2D eigenvalue weighted by atomic mass is 10.0. The molecule has 0 spiro atoms. The summed E-state index contributed by atoms with van der Waals surface area (Å²) < 4.78 is 29.5. The molecule has 1 atom stereocenters. The Morgan fingerprint density at radius 1 is 1.28 bits per heavy atom. The van der Waals surface area contributed by atoms with Crippen LogP contribution in [0.4, 0.5) is 0 Å². The third-order valence-electron chi connectivity index (χ3n) is 4.98. The van der Waals surface area contributed by atoms with E-state index >= 15 is 0 Å². The number of aryl methyl sites for hydroxylation is 1. The molecule has 0 bridgehead atoms. The second kappa shape index (κ2) is 6.97. The maximum atomic E-state index is 13.0. The summed E-state index contributed by atoms with van der Waals surface area (Å²) in [5.41, 5.74) is 2.47. The number of aromatic nitrogens is 2. The zero-order valence-electron chi connectivity index (χ0n) is 16.0. The van der Waals surface area contributed by atoms with Crippen LogP contribution in [0.1, 0.15) is 31.0 Å². The maximum absolute atomic E-state index is 13.0. The van der Waals surface area contributed by atoms with Crippen LogP contribution >= 0.6 is 0 Å². The number of nitrogens with zero attached hydrogens (tertiary/aromatic N) is 4. The predicted octanol–water partition coefficient (Wildman–Crippen LogP) is 2.48. The summed E-state index contributed by atoms with van der Waals surface area (Å²) in [5.74, 6) is 0.0816. The molecule has 148 valence electrons. The molecule has 0 saturated heterocycles. The number of aliphatic imine (C=N–C) groups is 1. The van der Waals surface area contributed by atoms with Crippen LogP contribution in [0.25, 0.3) is 16.9 Å². The number of benzene rings is 1. The molecule has 1 saturated carbocycles. The topological polar surface area (TPSA) is 120 Å². The van der Waals surface area contributed by atoms with E-state index < -0.39 is 10.0 Å². The fourth-order valence-corrected chi connectivity index (χ4v) is 4.58. The van der Waals surface area contributed by atoms with Crippen LogP contribution in [0.2, 0.25) is 0 Å². The maximum Gasteiger partial charge on any atom is 0.280 e. The van der Waals surface area contributed by atoms with Crippen LogP contribution in [0.15, 0.2) is 44.5 Å². The molecule has 2 heterocycles. The van der Waals surface area contributed by atoms with Gasteiger partial charge in [-0.25, -0.2) is 18.1 Å². The van der Waals surface area contributed by atoms with E-state index in [1.54, 1.807) is 37.3 Å². The van der Waals surface area contributed by atoms with Gasteiger partial charge in [-0.2, -0.15) is 9.66 Å². The summed E-state index contributed by atoms with van der Waals surface area (Å²) in [7, 11) is -3.49. The molecular weight excluding hydrogens is 390 g/mol. The molecule has 1 aliphatic heterocycles. The molecule has 0 amide bonds. The monoisotopic (exact) mass is 409 g/mol. The third kappa shape index (κ3) is 3.59. The number of H-pyrrole nitrogens is 1. The lowest BCUT2D eigenvalue weighted by Gasteiger charge is -2.14. The van der Waals surface area contributed by atoms with E-state index in [2.05, 4.69) is 20.6 Å². The molecule has 9 heteroatoms. The number of nitrogens with one attached hydrogen (secondary N) is 1. The Balaban J connectivity index is 1.67. The van der Waals surface area contributed by atoms with Gasteiger partial charge in [-0.05, 0) is 43.5 Å². The van der Waals surface area contributed by atoms with Crippen molar-refractivity contribution < 1.29 is 8.42 Å². The first kappa shape index (κ1) is 19.1.